The number of sulfone groups is 1. The molecule has 1 unspecified atom stereocenters. The number of hydrogen-bond acceptors (Lipinski definition) is 7. The van der Waals surface area contributed by atoms with E-state index >= 15 is 0 Å². The molecule has 0 fully saturated rings. The summed E-state index contributed by atoms with van der Waals surface area (Å²) in [6.07, 6.45) is -1.57. The highest BCUT2D eigenvalue weighted by Crippen LogP contribution is 2.31. The van der Waals surface area contributed by atoms with Gasteiger partial charge in [0.05, 0.1) is 17.1 Å². The monoisotopic (exact) mass is 574 g/mol. The van der Waals surface area contributed by atoms with Gasteiger partial charge in [-0.1, -0.05) is 24.3 Å². The standard InChI is InChI=1S/C26H21F3N4O4S2/c1-16(26(27,28)29)39(36,37)21-7-3-6-20(13-21)24(35)31-14-23(34)33-25-32-22(15-38-25)19-5-2-4-18(12-19)17-8-10-30-11-9-17/h2-13,15-16H,14H2,1H3,(H,31,35)(H,32,33,34). The van der Waals surface area contributed by atoms with Gasteiger partial charge in [0.2, 0.25) is 5.91 Å². The summed E-state index contributed by atoms with van der Waals surface area (Å²) in [4.78, 5) is 32.6. The summed E-state index contributed by atoms with van der Waals surface area (Å²) in [6.45, 7) is 0.0648. The van der Waals surface area contributed by atoms with Crippen LogP contribution >= 0.6 is 11.3 Å². The molecular formula is C26H21F3N4O4S2. The van der Waals surface area contributed by atoms with Crippen molar-refractivity contribution in [1.29, 1.82) is 0 Å². The largest absolute Gasteiger partial charge is 0.405 e. The number of pyridine rings is 1. The third-order valence-electron chi connectivity index (χ3n) is 5.68. The topological polar surface area (TPSA) is 118 Å². The Hall–Kier alpha value is -4.10. The Balaban J connectivity index is 1.37. The van der Waals surface area contributed by atoms with E-state index < -0.39 is 44.5 Å². The predicted octanol–water partition coefficient (Wildman–Crippen LogP) is 4.97. The number of hydrogen-bond donors (Lipinski definition) is 2. The average molecular weight is 575 g/mol. The molecule has 0 aliphatic carbocycles. The maximum absolute atomic E-state index is 13.0. The molecule has 0 saturated carbocycles. The van der Waals surface area contributed by atoms with Crippen LogP contribution < -0.4 is 10.6 Å². The summed E-state index contributed by atoms with van der Waals surface area (Å²) in [7, 11) is -4.76. The lowest BCUT2D eigenvalue weighted by molar-refractivity contribution is -0.127. The Morgan fingerprint density at radius 1 is 0.974 bits per heavy atom. The van der Waals surface area contributed by atoms with Crippen LogP contribution in [0.4, 0.5) is 18.3 Å². The van der Waals surface area contributed by atoms with Crippen molar-refractivity contribution < 1.29 is 31.2 Å². The number of nitrogens with one attached hydrogen (secondary N) is 2. The van der Waals surface area contributed by atoms with E-state index in [2.05, 4.69) is 20.6 Å². The molecule has 2 amide bonds. The molecule has 39 heavy (non-hydrogen) atoms. The minimum atomic E-state index is -4.96. The Bertz CT molecular complexity index is 1610. The molecule has 2 aromatic carbocycles. The highest BCUT2D eigenvalue weighted by atomic mass is 32.2. The van der Waals surface area contributed by atoms with E-state index in [0.717, 1.165) is 34.9 Å². The van der Waals surface area contributed by atoms with E-state index in [1.807, 2.05) is 36.4 Å². The molecule has 0 aliphatic heterocycles. The zero-order valence-corrected chi connectivity index (χ0v) is 21.9. The van der Waals surface area contributed by atoms with Crippen molar-refractivity contribution in [2.75, 3.05) is 11.9 Å². The van der Waals surface area contributed by atoms with Crippen molar-refractivity contribution in [3.63, 3.8) is 0 Å². The molecule has 0 bridgehead atoms. The second-order valence-corrected chi connectivity index (χ2v) is 11.5. The molecule has 202 valence electrons. The lowest BCUT2D eigenvalue weighted by Gasteiger charge is -2.16. The maximum atomic E-state index is 13.0. The van der Waals surface area contributed by atoms with E-state index in [9.17, 15) is 31.2 Å². The van der Waals surface area contributed by atoms with E-state index in [1.165, 1.54) is 17.4 Å². The molecule has 2 N–H and O–H groups in total. The average Bonchev–Trinajstić information content (AvgIpc) is 3.40. The van der Waals surface area contributed by atoms with Crippen molar-refractivity contribution >= 4 is 38.1 Å². The van der Waals surface area contributed by atoms with Crippen molar-refractivity contribution in [2.45, 2.75) is 23.2 Å². The molecule has 13 heteroatoms. The van der Waals surface area contributed by atoms with Gasteiger partial charge in [0.25, 0.3) is 5.91 Å². The number of carbonyl (C=O) groups excluding carboxylic acids is 2. The molecule has 8 nitrogen and oxygen atoms in total. The fourth-order valence-corrected chi connectivity index (χ4v) is 5.54. The first-order valence-electron chi connectivity index (χ1n) is 11.4. The van der Waals surface area contributed by atoms with Crippen molar-refractivity contribution in [1.82, 2.24) is 15.3 Å². The molecule has 0 aliphatic rings. The predicted molar refractivity (Wildman–Crippen MR) is 141 cm³/mol. The normalized spacial score (nSPS) is 12.5. The number of thiazole rings is 1. The van der Waals surface area contributed by atoms with Gasteiger partial charge in [-0.2, -0.15) is 13.2 Å². The second kappa shape index (κ2) is 11.3. The van der Waals surface area contributed by atoms with Crippen molar-refractivity contribution in [2.24, 2.45) is 0 Å². The van der Waals surface area contributed by atoms with Gasteiger partial charge in [-0.15, -0.1) is 11.3 Å². The van der Waals surface area contributed by atoms with Gasteiger partial charge >= 0.3 is 6.18 Å². The second-order valence-electron chi connectivity index (χ2n) is 8.34. The quantitative estimate of drug-likeness (QED) is 0.307. The maximum Gasteiger partial charge on any atom is 0.405 e. The minimum Gasteiger partial charge on any atom is -0.343 e. The van der Waals surface area contributed by atoms with Gasteiger partial charge in [-0.05, 0) is 54.4 Å². The Kier molecular flexibility index (Phi) is 8.11. The summed E-state index contributed by atoms with van der Waals surface area (Å²) < 4.78 is 63.5. The van der Waals surface area contributed by atoms with Gasteiger partial charge in [0, 0.05) is 28.9 Å². The summed E-state index contributed by atoms with van der Waals surface area (Å²) in [5, 5.41) is 4.33. The minimum absolute atomic E-state index is 0.205. The SMILES string of the molecule is CC(C(F)(F)F)S(=O)(=O)c1cccc(C(=O)NCC(=O)Nc2nc(-c3cccc(-c4ccncc4)c3)cs2)c1. The third-order valence-corrected chi connectivity index (χ3v) is 8.55. The van der Waals surface area contributed by atoms with E-state index in [1.54, 1.807) is 17.8 Å². The number of nitrogens with zero attached hydrogens (tertiary/aromatic N) is 2. The van der Waals surface area contributed by atoms with E-state index in [-0.39, 0.29) is 5.56 Å². The Morgan fingerprint density at radius 3 is 2.38 bits per heavy atom. The van der Waals surface area contributed by atoms with Crippen LogP contribution in [0.2, 0.25) is 0 Å². The van der Waals surface area contributed by atoms with Crippen LogP contribution in [0.3, 0.4) is 0 Å². The smallest absolute Gasteiger partial charge is 0.343 e. The van der Waals surface area contributed by atoms with E-state index in [4.69, 9.17) is 0 Å². The Morgan fingerprint density at radius 2 is 1.67 bits per heavy atom. The third kappa shape index (κ3) is 6.67. The fourth-order valence-electron chi connectivity index (χ4n) is 3.49. The van der Waals surface area contributed by atoms with E-state index in [0.29, 0.717) is 17.7 Å². The lowest BCUT2D eigenvalue weighted by atomic mass is 10.0. The summed E-state index contributed by atoms with van der Waals surface area (Å²) >= 11 is 1.19. The highest BCUT2D eigenvalue weighted by molar-refractivity contribution is 7.92. The van der Waals surface area contributed by atoms with Crippen molar-refractivity contribution in [3.8, 4) is 22.4 Å². The molecule has 0 saturated heterocycles. The zero-order chi connectivity index (χ0) is 28.2. The first kappa shape index (κ1) is 27.9. The first-order chi connectivity index (χ1) is 18.4. The van der Waals surface area contributed by atoms with Gasteiger partial charge < -0.3 is 10.6 Å². The molecule has 4 rings (SSSR count). The molecule has 2 heterocycles. The van der Waals surface area contributed by atoms with Crippen LogP contribution in [0.1, 0.15) is 17.3 Å². The molecule has 4 aromatic rings. The number of anilines is 1. The van der Waals surface area contributed by atoms with Crippen LogP contribution in [0.15, 0.2) is 83.3 Å². The van der Waals surface area contributed by atoms with Gasteiger partial charge in [-0.25, -0.2) is 13.4 Å². The molecule has 1 atom stereocenters. The zero-order valence-electron chi connectivity index (χ0n) is 20.3. The number of rotatable bonds is 8. The van der Waals surface area contributed by atoms with Crippen LogP contribution in [-0.4, -0.2) is 48.2 Å². The lowest BCUT2D eigenvalue weighted by Crippen LogP contribution is -2.34. The van der Waals surface area contributed by atoms with Crippen LogP contribution in [0.25, 0.3) is 22.4 Å². The van der Waals surface area contributed by atoms with Crippen LogP contribution in [0, 0.1) is 0 Å². The number of benzene rings is 2. The number of carbonyl (C=O) groups is 2. The highest BCUT2D eigenvalue weighted by Gasteiger charge is 2.45. The summed E-state index contributed by atoms with van der Waals surface area (Å²) in [6, 6.07) is 15.7. The van der Waals surface area contributed by atoms with Crippen molar-refractivity contribution in [3.05, 3.63) is 84.0 Å². The number of halogens is 3. The number of alkyl halides is 3. The molecule has 0 spiro atoms. The summed E-state index contributed by atoms with van der Waals surface area (Å²) in [5.41, 5.74) is 3.24. The molecule has 0 radical (unpaired) electrons. The van der Waals surface area contributed by atoms with Gasteiger partial charge in [-0.3, -0.25) is 14.6 Å². The number of amides is 2. The van der Waals surface area contributed by atoms with Gasteiger partial charge in [0.15, 0.2) is 20.2 Å². The molecular weight excluding hydrogens is 553 g/mol. The van der Waals surface area contributed by atoms with Crippen LogP contribution in [0.5, 0.6) is 0 Å². The number of aromatic nitrogens is 2. The van der Waals surface area contributed by atoms with Crippen LogP contribution in [-0.2, 0) is 14.6 Å². The molecule has 2 aromatic heterocycles. The first-order valence-corrected chi connectivity index (χ1v) is 13.8. The Labute approximate surface area is 225 Å². The van der Waals surface area contributed by atoms with Gasteiger partial charge in [0.1, 0.15) is 0 Å². The summed E-state index contributed by atoms with van der Waals surface area (Å²) in [5.74, 6) is -1.42. The fraction of sp³-hybridized carbons (Fsp3) is 0.154.